The van der Waals surface area contributed by atoms with Crippen LogP contribution in [0.4, 0.5) is 0 Å². The molecule has 192 valence electrons. The molecule has 2 aromatic carbocycles. The van der Waals surface area contributed by atoms with E-state index in [0.29, 0.717) is 43.9 Å². The number of aromatic hydroxyl groups is 1. The number of rotatable bonds is 8. The number of aromatic nitrogens is 1. The van der Waals surface area contributed by atoms with Gasteiger partial charge in [0.05, 0.1) is 35.6 Å². The fraction of sp³-hybridized carbons (Fsp3) is 0.250. The number of thiazole rings is 1. The molecule has 1 N–H and O–H groups in total. The number of nitrogens with zero attached hydrogens (tertiary/aromatic N) is 2. The van der Waals surface area contributed by atoms with Gasteiger partial charge in [0.1, 0.15) is 0 Å². The molecule has 1 aliphatic heterocycles. The number of thioether (sulfide) groups is 1. The van der Waals surface area contributed by atoms with Crippen LogP contribution in [0.1, 0.15) is 36.6 Å². The minimum absolute atomic E-state index is 0.0457. The van der Waals surface area contributed by atoms with Crippen LogP contribution < -0.4 is 19.6 Å². The van der Waals surface area contributed by atoms with E-state index in [2.05, 4.69) is 11.6 Å². The van der Waals surface area contributed by atoms with Crippen LogP contribution in [0.15, 0.2) is 75.0 Å². The van der Waals surface area contributed by atoms with Gasteiger partial charge in [0.15, 0.2) is 16.3 Å². The van der Waals surface area contributed by atoms with Crippen molar-refractivity contribution in [2.45, 2.75) is 31.2 Å². The summed E-state index contributed by atoms with van der Waals surface area (Å²) in [6, 6.07) is 10.6. The largest absolute Gasteiger partial charge is 0.504 e. The molecular weight excluding hydrogens is 508 g/mol. The van der Waals surface area contributed by atoms with E-state index < -0.39 is 12.0 Å². The molecule has 7 nitrogen and oxygen atoms in total. The first-order chi connectivity index (χ1) is 17.8. The maximum absolute atomic E-state index is 13.8. The van der Waals surface area contributed by atoms with E-state index in [1.165, 1.54) is 18.4 Å². The minimum Gasteiger partial charge on any atom is -0.504 e. The third kappa shape index (κ3) is 5.14. The second kappa shape index (κ2) is 11.2. The average molecular weight is 537 g/mol. The molecule has 0 unspecified atom stereocenters. The molecule has 3 aromatic rings. The van der Waals surface area contributed by atoms with Crippen molar-refractivity contribution >= 4 is 35.1 Å². The number of methoxy groups -OCH3 is 1. The summed E-state index contributed by atoms with van der Waals surface area (Å²) in [6.07, 6.45) is 5.87. The number of esters is 1. The fourth-order valence-corrected chi connectivity index (χ4v) is 5.74. The van der Waals surface area contributed by atoms with Crippen LogP contribution in [0.2, 0.25) is 0 Å². The molecule has 0 saturated heterocycles. The Morgan fingerprint density at radius 2 is 2.03 bits per heavy atom. The molecule has 1 aliphatic rings. The van der Waals surface area contributed by atoms with Crippen molar-refractivity contribution in [3.8, 4) is 11.5 Å². The van der Waals surface area contributed by atoms with Gasteiger partial charge in [0.2, 0.25) is 0 Å². The van der Waals surface area contributed by atoms with Gasteiger partial charge in [-0.3, -0.25) is 9.36 Å². The quantitative estimate of drug-likeness (QED) is 0.266. The molecular formula is C28H28N2O5S2. The molecule has 0 radical (unpaired) electrons. The van der Waals surface area contributed by atoms with Gasteiger partial charge < -0.3 is 14.6 Å². The van der Waals surface area contributed by atoms with E-state index in [-0.39, 0.29) is 17.9 Å². The van der Waals surface area contributed by atoms with Crippen LogP contribution in [-0.2, 0) is 16.0 Å². The zero-order valence-electron chi connectivity index (χ0n) is 21.1. The van der Waals surface area contributed by atoms with Crippen LogP contribution in [0.5, 0.6) is 11.5 Å². The molecule has 0 fully saturated rings. The fourth-order valence-electron chi connectivity index (χ4n) is 4.28. The Morgan fingerprint density at radius 1 is 1.30 bits per heavy atom. The molecule has 0 bridgehead atoms. The maximum Gasteiger partial charge on any atom is 0.338 e. The molecule has 0 saturated carbocycles. The number of phenols is 1. The lowest BCUT2D eigenvalue weighted by Crippen LogP contribution is -2.39. The number of hydrogen-bond acceptors (Lipinski definition) is 8. The molecule has 2 heterocycles. The van der Waals surface area contributed by atoms with Gasteiger partial charge >= 0.3 is 5.97 Å². The minimum atomic E-state index is -0.668. The predicted molar refractivity (Wildman–Crippen MR) is 147 cm³/mol. The molecule has 1 atom stereocenters. The number of benzene rings is 2. The Balaban J connectivity index is 1.94. The van der Waals surface area contributed by atoms with Crippen molar-refractivity contribution in [1.29, 1.82) is 0 Å². The number of carbonyl (C=O) groups excluding carboxylic acids is 1. The Hall–Kier alpha value is -3.56. The number of allylic oxidation sites excluding steroid dienone is 2. The first-order valence-electron chi connectivity index (χ1n) is 11.7. The smallest absolute Gasteiger partial charge is 0.338 e. The second-order valence-corrected chi connectivity index (χ2v) is 10.2. The molecule has 9 heteroatoms. The lowest BCUT2D eigenvalue weighted by atomic mass is 9.96. The van der Waals surface area contributed by atoms with Crippen molar-refractivity contribution in [2.24, 2.45) is 4.99 Å². The molecule has 37 heavy (non-hydrogen) atoms. The third-order valence-electron chi connectivity index (χ3n) is 6.01. The number of phenolic OH excluding ortho intramolecular Hbond substituents is 1. The van der Waals surface area contributed by atoms with Crippen molar-refractivity contribution in [2.75, 3.05) is 20.0 Å². The van der Waals surface area contributed by atoms with Crippen LogP contribution in [0.25, 0.3) is 6.08 Å². The highest BCUT2D eigenvalue weighted by Crippen LogP contribution is 2.33. The van der Waals surface area contributed by atoms with E-state index in [1.807, 2.05) is 30.5 Å². The summed E-state index contributed by atoms with van der Waals surface area (Å²) in [5.74, 6) is -0.135. The predicted octanol–water partition coefficient (Wildman–Crippen LogP) is 3.96. The SMILES string of the molecule is C=CCc1cc(/C=c2/sc3n(c2=O)[C@@H](c2ccc(SC)cc2)C(C(=O)OCC)=C(C)N=3)cc(OC)c1O. The Bertz CT molecular complexity index is 1570. The van der Waals surface area contributed by atoms with Crippen LogP contribution in [-0.4, -0.2) is 35.6 Å². The zero-order valence-corrected chi connectivity index (χ0v) is 22.7. The summed E-state index contributed by atoms with van der Waals surface area (Å²) in [7, 11) is 1.48. The standard InChI is InChI=1S/C28H28N2O5S2/c1-6-8-19-13-17(14-21(34-4)25(19)31)15-22-26(32)30-24(18-9-11-20(36-5)12-10-18)23(27(33)35-7-2)16(3)29-28(30)37-22/h6,9-15,24,31H,1,7-8H2,2-5H3/b22-15+/t24-/m0/s1. The Kier molecular flexibility index (Phi) is 8.04. The van der Waals surface area contributed by atoms with Gasteiger partial charge in [0, 0.05) is 10.5 Å². The Morgan fingerprint density at radius 3 is 2.65 bits per heavy atom. The zero-order chi connectivity index (χ0) is 26.7. The van der Waals surface area contributed by atoms with Gasteiger partial charge in [-0.1, -0.05) is 29.5 Å². The van der Waals surface area contributed by atoms with E-state index in [9.17, 15) is 14.7 Å². The first-order valence-corrected chi connectivity index (χ1v) is 13.7. The summed E-state index contributed by atoms with van der Waals surface area (Å²) in [4.78, 5) is 33.0. The van der Waals surface area contributed by atoms with Crippen LogP contribution >= 0.6 is 23.1 Å². The van der Waals surface area contributed by atoms with Gasteiger partial charge in [-0.05, 0) is 68.0 Å². The maximum atomic E-state index is 13.8. The summed E-state index contributed by atoms with van der Waals surface area (Å²) < 4.78 is 12.7. The van der Waals surface area contributed by atoms with Gasteiger partial charge in [-0.2, -0.15) is 0 Å². The normalized spacial score (nSPS) is 15.2. The van der Waals surface area contributed by atoms with Crippen LogP contribution in [0, 0.1) is 0 Å². The molecule has 0 amide bonds. The average Bonchev–Trinajstić information content (AvgIpc) is 3.19. The topological polar surface area (TPSA) is 90.1 Å². The summed E-state index contributed by atoms with van der Waals surface area (Å²) in [5.41, 5.74) is 2.72. The summed E-state index contributed by atoms with van der Waals surface area (Å²) in [6.45, 7) is 7.47. The van der Waals surface area contributed by atoms with Gasteiger partial charge in [0.25, 0.3) is 5.56 Å². The van der Waals surface area contributed by atoms with Crippen molar-refractivity contribution in [3.05, 3.63) is 96.7 Å². The number of carbonyl (C=O) groups is 1. The molecule has 1 aromatic heterocycles. The summed E-state index contributed by atoms with van der Waals surface area (Å²) >= 11 is 2.86. The van der Waals surface area contributed by atoms with E-state index in [1.54, 1.807) is 54.5 Å². The van der Waals surface area contributed by atoms with E-state index >= 15 is 0 Å². The van der Waals surface area contributed by atoms with Crippen LogP contribution in [0.3, 0.4) is 0 Å². The highest BCUT2D eigenvalue weighted by molar-refractivity contribution is 7.98. The molecule has 0 aliphatic carbocycles. The number of hydrogen-bond donors (Lipinski definition) is 1. The van der Waals surface area contributed by atoms with Crippen molar-refractivity contribution < 1.29 is 19.4 Å². The van der Waals surface area contributed by atoms with Gasteiger partial charge in [-0.25, -0.2) is 9.79 Å². The number of fused-ring (bicyclic) bond motifs is 1. The molecule has 4 rings (SSSR count). The molecule has 0 spiro atoms. The lowest BCUT2D eigenvalue weighted by Gasteiger charge is -2.24. The second-order valence-electron chi connectivity index (χ2n) is 8.30. The Labute approximate surface area is 223 Å². The van der Waals surface area contributed by atoms with E-state index in [0.717, 1.165) is 10.5 Å². The highest BCUT2D eigenvalue weighted by Gasteiger charge is 2.33. The third-order valence-corrected chi connectivity index (χ3v) is 7.73. The highest BCUT2D eigenvalue weighted by atomic mass is 32.2. The van der Waals surface area contributed by atoms with Gasteiger partial charge in [-0.15, -0.1) is 18.3 Å². The van der Waals surface area contributed by atoms with Crippen molar-refractivity contribution in [1.82, 2.24) is 4.57 Å². The first kappa shape index (κ1) is 26.5. The monoisotopic (exact) mass is 536 g/mol. The lowest BCUT2D eigenvalue weighted by molar-refractivity contribution is -0.139. The number of ether oxygens (including phenoxy) is 2. The van der Waals surface area contributed by atoms with Crippen molar-refractivity contribution in [3.63, 3.8) is 0 Å². The summed E-state index contributed by atoms with van der Waals surface area (Å²) in [5, 5.41) is 10.4. The van der Waals surface area contributed by atoms with E-state index in [4.69, 9.17) is 9.47 Å².